The lowest BCUT2D eigenvalue weighted by atomic mass is 10.0. The molecule has 0 aliphatic heterocycles. The third-order valence-corrected chi connectivity index (χ3v) is 3.62. The third-order valence-electron chi connectivity index (χ3n) is 3.62. The molecule has 0 aliphatic rings. The Hall–Kier alpha value is -1.81. The standard InChI is InChI=1S/C17H25N3O/c1-3-5-12-21-15-8-6-14(7-9-15)16(18)13-17-19-10-11-20(17)4-2/h6-11,16H,3-5,12-13,18H2,1-2H3. The van der Waals surface area contributed by atoms with Crippen molar-refractivity contribution in [3.63, 3.8) is 0 Å². The van der Waals surface area contributed by atoms with Gasteiger partial charge in [0.15, 0.2) is 0 Å². The zero-order valence-corrected chi connectivity index (χ0v) is 13.0. The van der Waals surface area contributed by atoms with Gasteiger partial charge in [0.05, 0.1) is 6.61 Å². The molecular formula is C17H25N3O. The molecule has 1 heterocycles. The van der Waals surface area contributed by atoms with E-state index in [1.807, 2.05) is 36.7 Å². The van der Waals surface area contributed by atoms with Crippen LogP contribution in [0.3, 0.4) is 0 Å². The van der Waals surface area contributed by atoms with Crippen LogP contribution >= 0.6 is 0 Å². The number of imidazole rings is 1. The number of hydrogen-bond donors (Lipinski definition) is 1. The van der Waals surface area contributed by atoms with Crippen molar-refractivity contribution in [2.45, 2.75) is 45.7 Å². The van der Waals surface area contributed by atoms with Crippen LogP contribution in [0.2, 0.25) is 0 Å². The van der Waals surface area contributed by atoms with E-state index in [0.29, 0.717) is 0 Å². The first-order valence-corrected chi connectivity index (χ1v) is 7.73. The number of aromatic nitrogens is 2. The molecule has 0 saturated heterocycles. The van der Waals surface area contributed by atoms with E-state index in [1.165, 1.54) is 0 Å². The molecule has 1 aromatic carbocycles. The molecule has 1 aromatic heterocycles. The summed E-state index contributed by atoms with van der Waals surface area (Å²) in [5, 5.41) is 0. The molecule has 4 heteroatoms. The van der Waals surface area contributed by atoms with Crippen molar-refractivity contribution in [2.24, 2.45) is 5.73 Å². The fourth-order valence-electron chi connectivity index (χ4n) is 2.28. The van der Waals surface area contributed by atoms with Crippen LogP contribution in [0.15, 0.2) is 36.7 Å². The Balaban J connectivity index is 1.94. The Morgan fingerprint density at radius 3 is 2.67 bits per heavy atom. The fourth-order valence-corrected chi connectivity index (χ4v) is 2.28. The summed E-state index contributed by atoms with van der Waals surface area (Å²) < 4.78 is 7.79. The highest BCUT2D eigenvalue weighted by Gasteiger charge is 2.11. The zero-order valence-electron chi connectivity index (χ0n) is 13.0. The molecule has 0 radical (unpaired) electrons. The molecule has 114 valence electrons. The van der Waals surface area contributed by atoms with Gasteiger partial charge >= 0.3 is 0 Å². The van der Waals surface area contributed by atoms with E-state index in [1.54, 1.807) is 0 Å². The number of aryl methyl sites for hydroxylation is 1. The second-order valence-electron chi connectivity index (χ2n) is 5.21. The van der Waals surface area contributed by atoms with Gasteiger partial charge in [-0.05, 0) is 31.0 Å². The van der Waals surface area contributed by atoms with Gasteiger partial charge in [-0.15, -0.1) is 0 Å². The molecule has 2 aromatic rings. The Labute approximate surface area is 127 Å². The van der Waals surface area contributed by atoms with Crippen molar-refractivity contribution in [3.05, 3.63) is 48.0 Å². The first-order chi connectivity index (χ1) is 10.2. The number of nitrogens with zero attached hydrogens (tertiary/aromatic N) is 2. The van der Waals surface area contributed by atoms with E-state index in [4.69, 9.17) is 10.5 Å². The molecule has 0 amide bonds. The van der Waals surface area contributed by atoms with Crippen molar-refractivity contribution >= 4 is 0 Å². The maximum Gasteiger partial charge on any atom is 0.119 e. The third kappa shape index (κ3) is 4.33. The van der Waals surface area contributed by atoms with E-state index >= 15 is 0 Å². The number of unbranched alkanes of at least 4 members (excludes halogenated alkanes) is 1. The summed E-state index contributed by atoms with van der Waals surface area (Å²) in [6.45, 7) is 5.97. The molecule has 4 nitrogen and oxygen atoms in total. The number of benzene rings is 1. The molecule has 1 atom stereocenters. The number of hydrogen-bond acceptors (Lipinski definition) is 3. The molecule has 21 heavy (non-hydrogen) atoms. The van der Waals surface area contributed by atoms with Crippen LogP contribution in [-0.4, -0.2) is 16.2 Å². The highest BCUT2D eigenvalue weighted by atomic mass is 16.5. The Bertz CT molecular complexity index is 533. The van der Waals surface area contributed by atoms with Gasteiger partial charge in [-0.1, -0.05) is 25.5 Å². The minimum atomic E-state index is -0.0395. The van der Waals surface area contributed by atoms with Crippen molar-refractivity contribution in [1.82, 2.24) is 9.55 Å². The lowest BCUT2D eigenvalue weighted by Crippen LogP contribution is -2.16. The summed E-state index contributed by atoms with van der Waals surface area (Å²) in [6, 6.07) is 8.05. The molecule has 0 fully saturated rings. The average molecular weight is 287 g/mol. The molecule has 0 spiro atoms. The van der Waals surface area contributed by atoms with Crippen LogP contribution < -0.4 is 10.5 Å². The topological polar surface area (TPSA) is 53.1 Å². The molecular weight excluding hydrogens is 262 g/mol. The van der Waals surface area contributed by atoms with Gasteiger partial charge in [0, 0.05) is 31.4 Å². The molecule has 2 rings (SSSR count). The van der Waals surface area contributed by atoms with Gasteiger partial charge in [0.25, 0.3) is 0 Å². The van der Waals surface area contributed by atoms with Gasteiger partial charge in [-0.25, -0.2) is 4.98 Å². The summed E-state index contributed by atoms with van der Waals surface area (Å²) in [5.41, 5.74) is 7.40. The van der Waals surface area contributed by atoms with Crippen molar-refractivity contribution in [2.75, 3.05) is 6.61 Å². The molecule has 2 N–H and O–H groups in total. The smallest absolute Gasteiger partial charge is 0.119 e. The van der Waals surface area contributed by atoms with Gasteiger partial charge in [0.2, 0.25) is 0 Å². The van der Waals surface area contributed by atoms with Gasteiger partial charge < -0.3 is 15.0 Å². The lowest BCUT2D eigenvalue weighted by Gasteiger charge is -2.13. The zero-order chi connectivity index (χ0) is 15.1. The Morgan fingerprint density at radius 1 is 1.24 bits per heavy atom. The summed E-state index contributed by atoms with van der Waals surface area (Å²) in [7, 11) is 0. The maximum absolute atomic E-state index is 6.29. The summed E-state index contributed by atoms with van der Waals surface area (Å²) >= 11 is 0. The normalized spacial score (nSPS) is 12.3. The van der Waals surface area contributed by atoms with E-state index in [-0.39, 0.29) is 6.04 Å². The Morgan fingerprint density at radius 2 is 2.00 bits per heavy atom. The van der Waals surface area contributed by atoms with Gasteiger partial charge in [-0.3, -0.25) is 0 Å². The first kappa shape index (κ1) is 15.6. The van der Waals surface area contributed by atoms with Crippen LogP contribution in [-0.2, 0) is 13.0 Å². The molecule has 1 unspecified atom stereocenters. The molecule has 0 saturated carbocycles. The number of rotatable bonds is 8. The van der Waals surface area contributed by atoms with Crippen molar-refractivity contribution in [3.8, 4) is 5.75 Å². The Kier molecular flexibility index (Phi) is 5.81. The van der Waals surface area contributed by atoms with Crippen molar-refractivity contribution < 1.29 is 4.74 Å². The highest BCUT2D eigenvalue weighted by Crippen LogP contribution is 2.19. The van der Waals surface area contributed by atoms with E-state index in [0.717, 1.165) is 49.6 Å². The summed E-state index contributed by atoms with van der Waals surface area (Å²) in [5.74, 6) is 1.95. The molecule has 0 aliphatic carbocycles. The predicted octanol–water partition coefficient (Wildman–Crippen LogP) is 3.32. The molecule has 0 bridgehead atoms. The van der Waals surface area contributed by atoms with Crippen LogP contribution in [0.1, 0.15) is 44.1 Å². The summed E-state index contributed by atoms with van der Waals surface area (Å²) in [4.78, 5) is 4.38. The SMILES string of the molecule is CCCCOc1ccc(C(N)Cc2nccn2CC)cc1. The average Bonchev–Trinajstić information content (AvgIpc) is 2.95. The second-order valence-corrected chi connectivity index (χ2v) is 5.21. The number of ether oxygens (including phenoxy) is 1. The predicted molar refractivity (Wildman–Crippen MR) is 85.4 cm³/mol. The van der Waals surface area contributed by atoms with Crippen LogP contribution in [0.5, 0.6) is 5.75 Å². The van der Waals surface area contributed by atoms with Crippen LogP contribution in [0.25, 0.3) is 0 Å². The highest BCUT2D eigenvalue weighted by molar-refractivity contribution is 5.29. The quantitative estimate of drug-likeness (QED) is 0.758. The van der Waals surface area contributed by atoms with Gasteiger partial charge in [-0.2, -0.15) is 0 Å². The van der Waals surface area contributed by atoms with Gasteiger partial charge in [0.1, 0.15) is 11.6 Å². The number of nitrogens with two attached hydrogens (primary N) is 1. The largest absolute Gasteiger partial charge is 0.494 e. The van der Waals surface area contributed by atoms with Crippen LogP contribution in [0, 0.1) is 0 Å². The first-order valence-electron chi connectivity index (χ1n) is 7.73. The maximum atomic E-state index is 6.29. The monoisotopic (exact) mass is 287 g/mol. The fraction of sp³-hybridized carbons (Fsp3) is 0.471. The minimum absolute atomic E-state index is 0.0395. The second kappa shape index (κ2) is 7.84. The van der Waals surface area contributed by atoms with Crippen LogP contribution in [0.4, 0.5) is 0 Å². The van der Waals surface area contributed by atoms with E-state index < -0.39 is 0 Å². The van der Waals surface area contributed by atoms with E-state index in [9.17, 15) is 0 Å². The van der Waals surface area contributed by atoms with E-state index in [2.05, 4.69) is 23.4 Å². The lowest BCUT2D eigenvalue weighted by molar-refractivity contribution is 0.309. The summed E-state index contributed by atoms with van der Waals surface area (Å²) in [6.07, 6.45) is 6.80. The minimum Gasteiger partial charge on any atom is -0.494 e. The van der Waals surface area contributed by atoms with Crippen molar-refractivity contribution in [1.29, 1.82) is 0 Å².